The molecule has 5 atom stereocenters. The number of hydrogen-bond acceptors (Lipinski definition) is 7. The van der Waals surface area contributed by atoms with Crippen LogP contribution in [0, 0.1) is 35.9 Å². The smallest absolute Gasteiger partial charge is 0.226 e. The molecule has 5 aliphatic rings. The molecule has 256 valence electrons. The third kappa shape index (κ3) is 5.24. The summed E-state index contributed by atoms with van der Waals surface area (Å²) in [6.07, 6.45) is 5.81. The highest BCUT2D eigenvalue weighted by Crippen LogP contribution is 2.51. The Balaban J connectivity index is 1.25. The first-order valence-corrected chi connectivity index (χ1v) is 18.9. The van der Waals surface area contributed by atoms with Crippen LogP contribution in [0.25, 0.3) is 32.9 Å². The predicted molar refractivity (Wildman–Crippen MR) is 193 cm³/mol. The average Bonchev–Trinajstić information content (AvgIpc) is 3.62. The summed E-state index contributed by atoms with van der Waals surface area (Å²) in [4.78, 5) is 21.9. The fourth-order valence-electron chi connectivity index (χ4n) is 8.62. The zero-order chi connectivity index (χ0) is 34.3. The molecule has 0 spiro atoms. The molecule has 5 aromatic rings. The van der Waals surface area contributed by atoms with E-state index in [1.165, 1.54) is 11.5 Å². The SMILES string of the molecule is Cc1nc2c(F)c(-c3cccc(Cl)c3Cl)c(CCC#N)cc2c2c1cc(C1CC(OCc3ccns3)CN1C(=O)C1CC1)n2C1C2CNC1C2. The summed E-state index contributed by atoms with van der Waals surface area (Å²) in [5, 5.41) is 15.5. The molecule has 6 heterocycles. The molecule has 2 bridgehead atoms. The maximum Gasteiger partial charge on any atom is 0.226 e. The van der Waals surface area contributed by atoms with E-state index < -0.39 is 5.82 Å². The molecule has 8 nitrogen and oxygen atoms in total. The minimum absolute atomic E-state index is 0.0647. The van der Waals surface area contributed by atoms with Crippen LogP contribution in [0.2, 0.25) is 10.0 Å². The highest BCUT2D eigenvalue weighted by molar-refractivity contribution is 7.05. The van der Waals surface area contributed by atoms with Crippen LogP contribution in [0.3, 0.4) is 0 Å². The second-order valence-electron chi connectivity index (χ2n) is 14.2. The fourth-order valence-corrected chi connectivity index (χ4v) is 9.52. The summed E-state index contributed by atoms with van der Waals surface area (Å²) >= 11 is 14.5. The second kappa shape index (κ2) is 12.6. The van der Waals surface area contributed by atoms with Crippen LogP contribution < -0.4 is 5.32 Å². The summed E-state index contributed by atoms with van der Waals surface area (Å²) in [7, 11) is 0. The number of pyridine rings is 1. The van der Waals surface area contributed by atoms with Gasteiger partial charge in [0.2, 0.25) is 5.91 Å². The largest absolute Gasteiger partial charge is 0.371 e. The lowest BCUT2D eigenvalue weighted by molar-refractivity contribution is -0.134. The fraction of sp³-hybridized carbons (Fsp3) is 0.421. The molecule has 2 aromatic carbocycles. The van der Waals surface area contributed by atoms with Crippen molar-refractivity contribution in [3.63, 3.8) is 0 Å². The summed E-state index contributed by atoms with van der Waals surface area (Å²) in [6, 6.07) is 13.9. The topological polar surface area (TPSA) is 96.1 Å². The summed E-state index contributed by atoms with van der Waals surface area (Å²) in [5.41, 5.74) is 4.45. The molecule has 3 saturated heterocycles. The zero-order valence-corrected chi connectivity index (χ0v) is 29.8. The molecule has 2 saturated carbocycles. The quantitative estimate of drug-likeness (QED) is 0.164. The Labute approximate surface area is 303 Å². The Kier molecular flexibility index (Phi) is 8.13. The predicted octanol–water partition coefficient (Wildman–Crippen LogP) is 8.33. The molecule has 5 fully saturated rings. The highest BCUT2D eigenvalue weighted by atomic mass is 35.5. The van der Waals surface area contributed by atoms with Gasteiger partial charge in [-0.1, -0.05) is 35.3 Å². The van der Waals surface area contributed by atoms with Crippen molar-refractivity contribution < 1.29 is 13.9 Å². The first kappa shape index (κ1) is 32.3. The molecule has 3 aliphatic heterocycles. The highest BCUT2D eigenvalue weighted by Gasteiger charge is 2.51. The molecule has 5 unspecified atom stereocenters. The first-order valence-electron chi connectivity index (χ1n) is 17.3. The molecule has 2 aliphatic carbocycles. The molecular formula is C38H35Cl2FN6O2S. The van der Waals surface area contributed by atoms with Gasteiger partial charge in [0, 0.05) is 77.4 Å². The van der Waals surface area contributed by atoms with Crippen molar-refractivity contribution in [2.75, 3.05) is 13.1 Å². The summed E-state index contributed by atoms with van der Waals surface area (Å²) in [5.74, 6) is 0.210. The van der Waals surface area contributed by atoms with E-state index in [0.29, 0.717) is 59.0 Å². The van der Waals surface area contributed by atoms with Gasteiger partial charge in [0.15, 0.2) is 5.82 Å². The maximum absolute atomic E-state index is 17.1. The summed E-state index contributed by atoms with van der Waals surface area (Å²) < 4.78 is 30.2. The molecule has 1 N–H and O–H groups in total. The van der Waals surface area contributed by atoms with Crippen molar-refractivity contribution in [1.82, 2.24) is 24.1 Å². The lowest BCUT2D eigenvalue weighted by atomic mass is 9.79. The van der Waals surface area contributed by atoms with Crippen LogP contribution in [0.1, 0.15) is 66.0 Å². The van der Waals surface area contributed by atoms with Crippen molar-refractivity contribution in [3.05, 3.63) is 80.3 Å². The van der Waals surface area contributed by atoms with Gasteiger partial charge in [0.25, 0.3) is 0 Å². The number of carbonyl (C=O) groups excluding carboxylic acids is 1. The van der Waals surface area contributed by atoms with Crippen LogP contribution in [-0.2, 0) is 22.6 Å². The van der Waals surface area contributed by atoms with E-state index in [1.807, 2.05) is 19.1 Å². The number of halogens is 3. The monoisotopic (exact) mass is 728 g/mol. The van der Waals surface area contributed by atoms with E-state index in [0.717, 1.165) is 53.0 Å². The Morgan fingerprint density at radius 2 is 2.06 bits per heavy atom. The minimum atomic E-state index is -0.475. The van der Waals surface area contributed by atoms with Crippen molar-refractivity contribution in [2.45, 2.75) is 76.3 Å². The number of benzene rings is 2. The number of nitrogens with one attached hydrogen (secondary N) is 1. The lowest BCUT2D eigenvalue weighted by Gasteiger charge is -2.39. The molecule has 10 rings (SSSR count). The van der Waals surface area contributed by atoms with Crippen LogP contribution >= 0.6 is 34.7 Å². The van der Waals surface area contributed by atoms with E-state index in [9.17, 15) is 10.1 Å². The van der Waals surface area contributed by atoms with Gasteiger partial charge in [-0.05, 0) is 79.9 Å². The first-order chi connectivity index (χ1) is 24.3. The number of ether oxygens (including phenoxy) is 1. The number of aryl methyl sites for hydroxylation is 2. The van der Waals surface area contributed by atoms with Crippen LogP contribution in [0.5, 0.6) is 0 Å². The number of nitrogens with zero attached hydrogens (tertiary/aromatic N) is 5. The third-order valence-corrected chi connectivity index (χ3v) is 12.7. The number of carbonyl (C=O) groups is 1. The van der Waals surface area contributed by atoms with Gasteiger partial charge in [0.1, 0.15) is 5.52 Å². The van der Waals surface area contributed by atoms with Gasteiger partial charge in [-0.25, -0.2) is 13.7 Å². The van der Waals surface area contributed by atoms with Gasteiger partial charge in [0.05, 0.1) is 51.3 Å². The maximum atomic E-state index is 17.1. The van der Waals surface area contributed by atoms with Gasteiger partial charge < -0.3 is 19.5 Å². The number of fused-ring (bicyclic) bond motifs is 4. The minimum Gasteiger partial charge on any atom is -0.371 e. The number of hydrogen-bond donors (Lipinski definition) is 1. The molecule has 0 radical (unpaired) electrons. The Hall–Kier alpha value is -3.59. The normalized spacial score (nSPS) is 24.3. The van der Waals surface area contributed by atoms with E-state index in [-0.39, 0.29) is 53.0 Å². The van der Waals surface area contributed by atoms with Crippen molar-refractivity contribution in [3.8, 4) is 17.2 Å². The van der Waals surface area contributed by atoms with Crippen molar-refractivity contribution >= 4 is 62.4 Å². The Bertz CT molecular complexity index is 2200. The average molecular weight is 730 g/mol. The molecule has 1 amide bonds. The van der Waals surface area contributed by atoms with Crippen LogP contribution in [0.15, 0.2) is 42.6 Å². The third-order valence-electron chi connectivity index (χ3n) is 11.2. The number of aromatic nitrogens is 3. The number of amides is 1. The standard InChI is InChI=1S/C38H35Cl2FN6O2S/c1-19-26-15-31(30-14-23(49-18-24-9-11-44-50-24)17-46(30)38(48)20-7-8-20)47(36-22-13-29(36)43-16-22)37(26)27-12-21(4-3-10-42)32(34(41)35(27)45-19)25-5-2-6-28(39)33(25)40/h2,5-6,9,11-12,15,20,22-23,29-30,36,43H,3-4,7-8,13-14,16-18H2,1H3. The number of rotatable bonds is 9. The Morgan fingerprint density at radius 1 is 1.20 bits per heavy atom. The van der Waals surface area contributed by atoms with E-state index >= 15 is 4.39 Å². The second-order valence-corrected chi connectivity index (χ2v) is 15.9. The zero-order valence-electron chi connectivity index (χ0n) is 27.5. The van der Waals surface area contributed by atoms with Gasteiger partial charge in [-0.15, -0.1) is 0 Å². The Morgan fingerprint density at radius 3 is 2.78 bits per heavy atom. The molecule has 3 aromatic heterocycles. The summed E-state index contributed by atoms with van der Waals surface area (Å²) in [6.45, 7) is 3.85. The van der Waals surface area contributed by atoms with Crippen molar-refractivity contribution in [1.29, 1.82) is 5.26 Å². The molecular weight excluding hydrogens is 694 g/mol. The van der Waals surface area contributed by atoms with Gasteiger partial charge in [-0.2, -0.15) is 5.26 Å². The van der Waals surface area contributed by atoms with Gasteiger partial charge >= 0.3 is 0 Å². The van der Waals surface area contributed by atoms with Crippen LogP contribution in [0.4, 0.5) is 4.39 Å². The molecule has 50 heavy (non-hydrogen) atoms. The van der Waals surface area contributed by atoms with E-state index in [4.69, 9.17) is 32.9 Å². The number of likely N-dealkylation sites (tertiary alicyclic amines) is 1. The van der Waals surface area contributed by atoms with Crippen molar-refractivity contribution in [2.24, 2.45) is 11.8 Å². The van der Waals surface area contributed by atoms with E-state index in [2.05, 4.69) is 31.3 Å². The van der Waals surface area contributed by atoms with E-state index in [1.54, 1.807) is 24.4 Å². The lowest BCUT2D eigenvalue weighted by Crippen LogP contribution is -2.41. The van der Waals surface area contributed by atoms with Crippen LogP contribution in [-0.4, -0.2) is 50.0 Å². The molecule has 12 heteroatoms. The number of nitriles is 1. The van der Waals surface area contributed by atoms with Gasteiger partial charge in [-0.3, -0.25) is 4.79 Å².